The third-order valence-electron chi connectivity index (χ3n) is 3.03. The van der Waals surface area contributed by atoms with Gasteiger partial charge in [-0.2, -0.15) is 0 Å². The number of ether oxygens (including phenoxy) is 1. The van der Waals surface area contributed by atoms with Gasteiger partial charge in [0, 0.05) is 22.8 Å². The van der Waals surface area contributed by atoms with Crippen LogP contribution >= 0.6 is 15.9 Å². The summed E-state index contributed by atoms with van der Waals surface area (Å²) in [6.07, 6.45) is -0.540. The predicted molar refractivity (Wildman–Crippen MR) is 90.6 cm³/mol. The van der Waals surface area contributed by atoms with Crippen molar-refractivity contribution in [2.24, 2.45) is 0 Å². The summed E-state index contributed by atoms with van der Waals surface area (Å²) in [5.41, 5.74) is 1.96. The Morgan fingerprint density at radius 3 is 2.57 bits per heavy atom. The lowest BCUT2D eigenvalue weighted by Gasteiger charge is -2.09. The molecule has 0 fully saturated rings. The molecule has 0 saturated heterocycles. The van der Waals surface area contributed by atoms with E-state index in [1.54, 1.807) is 24.3 Å². The zero-order chi connectivity index (χ0) is 16.8. The minimum absolute atomic E-state index is 0.00310. The molecule has 1 amide bonds. The molecule has 0 aromatic heterocycles. The zero-order valence-electron chi connectivity index (χ0n) is 12.2. The van der Waals surface area contributed by atoms with Gasteiger partial charge in [-0.25, -0.2) is 4.79 Å². The van der Waals surface area contributed by atoms with Crippen LogP contribution in [0.3, 0.4) is 0 Å². The summed E-state index contributed by atoms with van der Waals surface area (Å²) in [6.45, 7) is 0.418. The molecule has 23 heavy (non-hydrogen) atoms. The number of nitrogens with zero attached hydrogens (tertiary/aromatic N) is 1. The van der Waals surface area contributed by atoms with Crippen molar-refractivity contribution < 1.29 is 14.5 Å². The van der Waals surface area contributed by atoms with E-state index >= 15 is 0 Å². The standard InChI is InChI=1S/C15H14BrN3O4/c1-23-15(20)18-12-5-2-10(3-6-12)9-17-13-7-4-11(16)8-14(13)19(21)22/h2-8,17H,9H2,1H3,(H,18,20). The van der Waals surface area contributed by atoms with Crippen molar-refractivity contribution in [2.45, 2.75) is 6.54 Å². The van der Waals surface area contributed by atoms with Gasteiger partial charge in [0.25, 0.3) is 5.69 Å². The molecule has 0 heterocycles. The van der Waals surface area contributed by atoms with Gasteiger partial charge in [0.2, 0.25) is 0 Å². The molecule has 2 rings (SSSR count). The van der Waals surface area contributed by atoms with Crippen LogP contribution < -0.4 is 10.6 Å². The number of anilines is 2. The van der Waals surface area contributed by atoms with Gasteiger partial charge < -0.3 is 10.1 Å². The maximum Gasteiger partial charge on any atom is 0.411 e. The molecule has 0 unspecified atom stereocenters. The molecule has 0 aliphatic carbocycles. The first-order valence-corrected chi connectivity index (χ1v) is 7.40. The van der Waals surface area contributed by atoms with E-state index in [2.05, 4.69) is 31.3 Å². The number of carbonyl (C=O) groups is 1. The molecule has 0 atom stereocenters. The van der Waals surface area contributed by atoms with Crippen LogP contribution in [0, 0.1) is 10.1 Å². The lowest BCUT2D eigenvalue weighted by Crippen LogP contribution is -2.10. The summed E-state index contributed by atoms with van der Waals surface area (Å²) in [6, 6.07) is 11.9. The molecular formula is C15H14BrN3O4. The van der Waals surface area contributed by atoms with Gasteiger partial charge in [0.05, 0.1) is 12.0 Å². The summed E-state index contributed by atoms with van der Waals surface area (Å²) in [7, 11) is 1.29. The van der Waals surface area contributed by atoms with Crippen molar-refractivity contribution in [3.05, 3.63) is 62.6 Å². The molecule has 0 bridgehead atoms. The Labute approximate surface area is 140 Å². The molecular weight excluding hydrogens is 366 g/mol. The monoisotopic (exact) mass is 379 g/mol. The van der Waals surface area contributed by atoms with Gasteiger partial charge >= 0.3 is 6.09 Å². The smallest absolute Gasteiger partial charge is 0.411 e. The normalized spacial score (nSPS) is 10.0. The highest BCUT2D eigenvalue weighted by Gasteiger charge is 2.13. The van der Waals surface area contributed by atoms with Gasteiger partial charge in [-0.05, 0) is 29.8 Å². The molecule has 0 saturated carbocycles. The second-order valence-electron chi connectivity index (χ2n) is 4.59. The highest BCUT2D eigenvalue weighted by Crippen LogP contribution is 2.28. The van der Waals surface area contributed by atoms with Gasteiger partial charge in [0.1, 0.15) is 5.69 Å². The van der Waals surface area contributed by atoms with Crippen molar-refractivity contribution in [2.75, 3.05) is 17.7 Å². The van der Waals surface area contributed by atoms with Crippen molar-refractivity contribution in [3.8, 4) is 0 Å². The maximum atomic E-state index is 11.1. The first-order chi connectivity index (χ1) is 11.0. The number of benzene rings is 2. The number of rotatable bonds is 5. The third kappa shape index (κ3) is 4.68. The summed E-state index contributed by atoms with van der Waals surface area (Å²) in [5.74, 6) is 0. The van der Waals surface area contributed by atoms with E-state index in [1.807, 2.05) is 12.1 Å². The number of methoxy groups -OCH3 is 1. The van der Waals surface area contributed by atoms with E-state index in [1.165, 1.54) is 13.2 Å². The fourth-order valence-electron chi connectivity index (χ4n) is 1.88. The number of carbonyl (C=O) groups excluding carboxylic acids is 1. The Morgan fingerprint density at radius 2 is 1.96 bits per heavy atom. The Morgan fingerprint density at radius 1 is 1.26 bits per heavy atom. The second-order valence-corrected chi connectivity index (χ2v) is 5.50. The van der Waals surface area contributed by atoms with Gasteiger partial charge in [-0.1, -0.05) is 28.1 Å². The van der Waals surface area contributed by atoms with Crippen LogP contribution in [-0.2, 0) is 11.3 Å². The van der Waals surface area contributed by atoms with Crippen LogP contribution in [-0.4, -0.2) is 18.1 Å². The second kappa shape index (κ2) is 7.59. The van der Waals surface area contributed by atoms with Crippen LogP contribution in [0.25, 0.3) is 0 Å². The fraction of sp³-hybridized carbons (Fsp3) is 0.133. The first-order valence-electron chi connectivity index (χ1n) is 6.61. The predicted octanol–water partition coefficient (Wildman–Crippen LogP) is 4.15. The number of nitrogens with one attached hydrogen (secondary N) is 2. The first kappa shape index (κ1) is 16.8. The summed E-state index contributed by atoms with van der Waals surface area (Å²) >= 11 is 3.22. The van der Waals surface area contributed by atoms with Crippen LogP contribution in [0.15, 0.2) is 46.9 Å². The maximum absolute atomic E-state index is 11.1. The zero-order valence-corrected chi connectivity index (χ0v) is 13.8. The molecule has 2 aromatic rings. The van der Waals surface area contributed by atoms with Crippen molar-refractivity contribution in [1.29, 1.82) is 0 Å². The number of amides is 1. The van der Waals surface area contributed by atoms with Crippen LogP contribution in [0.4, 0.5) is 21.9 Å². The number of hydrogen-bond acceptors (Lipinski definition) is 5. The van der Waals surface area contributed by atoms with Gasteiger partial charge in [0.15, 0.2) is 0 Å². The molecule has 2 N–H and O–H groups in total. The van der Waals surface area contributed by atoms with Crippen LogP contribution in [0.1, 0.15) is 5.56 Å². The lowest BCUT2D eigenvalue weighted by molar-refractivity contribution is -0.384. The van der Waals surface area contributed by atoms with E-state index < -0.39 is 11.0 Å². The SMILES string of the molecule is COC(=O)Nc1ccc(CNc2ccc(Br)cc2[N+](=O)[O-])cc1. The fourth-order valence-corrected chi connectivity index (χ4v) is 2.23. The highest BCUT2D eigenvalue weighted by atomic mass is 79.9. The third-order valence-corrected chi connectivity index (χ3v) is 3.52. The number of nitro benzene ring substituents is 1. The number of halogens is 1. The van der Waals surface area contributed by atoms with Gasteiger partial charge in [-0.15, -0.1) is 0 Å². The molecule has 0 radical (unpaired) electrons. The molecule has 120 valence electrons. The Bertz CT molecular complexity index is 719. The Hall–Kier alpha value is -2.61. The van der Waals surface area contributed by atoms with E-state index in [9.17, 15) is 14.9 Å². The van der Waals surface area contributed by atoms with Gasteiger partial charge in [-0.3, -0.25) is 15.4 Å². The van der Waals surface area contributed by atoms with E-state index in [4.69, 9.17) is 0 Å². The highest BCUT2D eigenvalue weighted by molar-refractivity contribution is 9.10. The van der Waals surface area contributed by atoms with Crippen LogP contribution in [0.2, 0.25) is 0 Å². The van der Waals surface area contributed by atoms with E-state index in [-0.39, 0.29) is 5.69 Å². The number of nitro groups is 1. The van der Waals surface area contributed by atoms with E-state index in [0.717, 1.165) is 5.56 Å². The molecule has 0 aliphatic rings. The molecule has 8 heteroatoms. The van der Waals surface area contributed by atoms with Crippen LogP contribution in [0.5, 0.6) is 0 Å². The van der Waals surface area contributed by atoms with Crippen molar-refractivity contribution in [1.82, 2.24) is 0 Å². The Kier molecular flexibility index (Phi) is 5.53. The summed E-state index contributed by atoms with van der Waals surface area (Å²) < 4.78 is 5.15. The molecule has 0 spiro atoms. The number of hydrogen-bond donors (Lipinski definition) is 2. The Balaban J connectivity index is 2.04. The summed E-state index contributed by atoms with van der Waals surface area (Å²) in [4.78, 5) is 21.7. The quantitative estimate of drug-likeness (QED) is 0.601. The van der Waals surface area contributed by atoms with E-state index in [0.29, 0.717) is 22.4 Å². The lowest BCUT2D eigenvalue weighted by atomic mass is 10.2. The van der Waals surface area contributed by atoms with Crippen molar-refractivity contribution >= 4 is 39.1 Å². The minimum atomic E-state index is -0.540. The topological polar surface area (TPSA) is 93.5 Å². The largest absolute Gasteiger partial charge is 0.453 e. The molecule has 0 aliphatic heterocycles. The summed E-state index contributed by atoms with van der Waals surface area (Å²) in [5, 5.41) is 16.6. The average Bonchev–Trinajstić information content (AvgIpc) is 2.54. The molecule has 2 aromatic carbocycles. The molecule has 7 nitrogen and oxygen atoms in total. The van der Waals surface area contributed by atoms with Crippen molar-refractivity contribution in [3.63, 3.8) is 0 Å². The minimum Gasteiger partial charge on any atom is -0.453 e. The average molecular weight is 380 g/mol.